The van der Waals surface area contributed by atoms with Crippen molar-refractivity contribution in [3.63, 3.8) is 0 Å². The maximum atomic E-state index is 13.1. The van der Waals surface area contributed by atoms with Crippen molar-refractivity contribution in [3.8, 4) is 0 Å². The lowest BCUT2D eigenvalue weighted by Crippen LogP contribution is -2.54. The van der Waals surface area contributed by atoms with E-state index in [-0.39, 0.29) is 30.3 Å². The minimum absolute atomic E-state index is 0.107. The third kappa shape index (κ3) is 2.93. The number of carbonyl (C=O) groups is 3. The Balaban J connectivity index is 1.50. The van der Waals surface area contributed by atoms with Crippen LogP contribution >= 0.6 is 0 Å². The zero-order valence-corrected chi connectivity index (χ0v) is 15.6. The van der Waals surface area contributed by atoms with Crippen molar-refractivity contribution in [2.24, 2.45) is 5.92 Å². The van der Waals surface area contributed by atoms with Crippen LogP contribution in [0.3, 0.4) is 0 Å². The van der Waals surface area contributed by atoms with Crippen LogP contribution in [-0.2, 0) is 9.59 Å². The van der Waals surface area contributed by atoms with Crippen molar-refractivity contribution in [3.05, 3.63) is 11.8 Å². The van der Waals surface area contributed by atoms with Gasteiger partial charge in [0.2, 0.25) is 5.91 Å². The maximum absolute atomic E-state index is 13.1. The van der Waals surface area contributed by atoms with Crippen LogP contribution in [0.25, 0.3) is 0 Å². The number of allylic oxidation sites excluding steroid dienone is 2. The molecule has 3 aliphatic carbocycles. The SMILES string of the molecule is C[C@H]1CCCC[C@]12NC(=O)N(CC(=O)N(C1=CCCCC1)C1CC1)C2=O. The van der Waals surface area contributed by atoms with Crippen molar-refractivity contribution in [1.82, 2.24) is 15.1 Å². The molecule has 1 heterocycles. The summed E-state index contributed by atoms with van der Waals surface area (Å²) in [5.74, 6) is -0.186. The van der Waals surface area contributed by atoms with Crippen LogP contribution in [-0.4, -0.2) is 45.8 Å². The van der Waals surface area contributed by atoms with Crippen LogP contribution in [0.5, 0.6) is 0 Å². The molecule has 0 bridgehead atoms. The monoisotopic (exact) mass is 359 g/mol. The minimum atomic E-state index is -0.788. The molecule has 4 rings (SSSR count). The lowest BCUT2D eigenvalue weighted by atomic mass is 9.73. The minimum Gasteiger partial charge on any atom is -0.323 e. The second kappa shape index (κ2) is 6.71. The number of imide groups is 1. The number of hydrogen-bond acceptors (Lipinski definition) is 3. The van der Waals surface area contributed by atoms with Crippen LogP contribution in [0.4, 0.5) is 4.79 Å². The number of nitrogens with one attached hydrogen (secondary N) is 1. The van der Waals surface area contributed by atoms with Gasteiger partial charge in [-0.3, -0.25) is 14.5 Å². The van der Waals surface area contributed by atoms with E-state index in [1.807, 2.05) is 11.8 Å². The molecular weight excluding hydrogens is 330 g/mol. The molecule has 0 aromatic rings. The molecule has 1 N–H and O–H groups in total. The second-order valence-corrected chi connectivity index (χ2v) is 8.38. The van der Waals surface area contributed by atoms with Crippen molar-refractivity contribution in [1.29, 1.82) is 0 Å². The van der Waals surface area contributed by atoms with Crippen molar-refractivity contribution in [2.45, 2.75) is 82.7 Å². The van der Waals surface area contributed by atoms with Crippen LogP contribution in [0, 0.1) is 5.92 Å². The Morgan fingerprint density at radius 1 is 1.23 bits per heavy atom. The van der Waals surface area contributed by atoms with Gasteiger partial charge in [-0.15, -0.1) is 0 Å². The summed E-state index contributed by atoms with van der Waals surface area (Å²) in [6.45, 7) is 1.90. The number of hydrogen-bond donors (Lipinski definition) is 1. The smallest absolute Gasteiger partial charge is 0.323 e. The van der Waals surface area contributed by atoms with Gasteiger partial charge in [0.15, 0.2) is 0 Å². The molecule has 4 aliphatic rings. The van der Waals surface area contributed by atoms with Gasteiger partial charge < -0.3 is 10.2 Å². The van der Waals surface area contributed by atoms with E-state index in [1.54, 1.807) is 0 Å². The maximum Gasteiger partial charge on any atom is 0.325 e. The molecule has 4 amide bonds. The van der Waals surface area contributed by atoms with Gasteiger partial charge in [0, 0.05) is 11.7 Å². The average Bonchev–Trinajstić information content (AvgIpc) is 3.43. The highest BCUT2D eigenvalue weighted by atomic mass is 16.2. The predicted molar refractivity (Wildman–Crippen MR) is 97.0 cm³/mol. The van der Waals surface area contributed by atoms with Gasteiger partial charge in [-0.25, -0.2) is 4.79 Å². The van der Waals surface area contributed by atoms with Crippen LogP contribution < -0.4 is 5.32 Å². The second-order valence-electron chi connectivity index (χ2n) is 8.38. The molecule has 6 nitrogen and oxygen atoms in total. The molecular formula is C20H29N3O3. The van der Waals surface area contributed by atoms with Gasteiger partial charge in [-0.1, -0.05) is 25.8 Å². The van der Waals surface area contributed by atoms with Gasteiger partial charge >= 0.3 is 6.03 Å². The Hall–Kier alpha value is -1.85. The molecule has 1 aliphatic heterocycles. The third-order valence-electron chi connectivity index (χ3n) is 6.55. The van der Waals surface area contributed by atoms with Gasteiger partial charge in [-0.05, 0) is 57.3 Å². The normalized spacial score (nSPS) is 31.8. The molecule has 2 atom stereocenters. The Kier molecular flexibility index (Phi) is 4.53. The summed E-state index contributed by atoms with van der Waals surface area (Å²) in [4.78, 5) is 41.7. The molecule has 142 valence electrons. The molecule has 0 aromatic heterocycles. The Morgan fingerprint density at radius 2 is 2.04 bits per heavy atom. The molecule has 1 saturated heterocycles. The largest absolute Gasteiger partial charge is 0.325 e. The fraction of sp³-hybridized carbons (Fsp3) is 0.750. The third-order valence-corrected chi connectivity index (χ3v) is 6.55. The molecule has 26 heavy (non-hydrogen) atoms. The molecule has 0 radical (unpaired) electrons. The molecule has 1 spiro atoms. The molecule has 6 heteroatoms. The van der Waals surface area contributed by atoms with E-state index >= 15 is 0 Å². The van der Waals surface area contributed by atoms with Crippen molar-refractivity contribution < 1.29 is 14.4 Å². The van der Waals surface area contributed by atoms with Crippen LogP contribution in [0.2, 0.25) is 0 Å². The molecule has 0 aromatic carbocycles. The van der Waals surface area contributed by atoms with E-state index in [0.29, 0.717) is 6.42 Å². The van der Waals surface area contributed by atoms with Crippen molar-refractivity contribution in [2.75, 3.05) is 6.54 Å². The zero-order valence-electron chi connectivity index (χ0n) is 15.6. The van der Waals surface area contributed by atoms with Crippen LogP contribution in [0.1, 0.15) is 71.1 Å². The summed E-state index contributed by atoms with van der Waals surface area (Å²) in [6, 6.07) is -0.138. The highest BCUT2D eigenvalue weighted by Crippen LogP contribution is 2.39. The summed E-state index contributed by atoms with van der Waals surface area (Å²) in [5.41, 5.74) is 0.306. The fourth-order valence-corrected chi connectivity index (χ4v) is 4.82. The first-order valence-corrected chi connectivity index (χ1v) is 10.2. The highest BCUT2D eigenvalue weighted by molar-refractivity contribution is 6.09. The lowest BCUT2D eigenvalue weighted by molar-refractivity contribution is -0.140. The van der Waals surface area contributed by atoms with E-state index in [2.05, 4.69) is 11.4 Å². The summed E-state index contributed by atoms with van der Waals surface area (Å²) in [7, 11) is 0. The van der Waals surface area contributed by atoms with Gasteiger partial charge in [0.25, 0.3) is 5.91 Å². The zero-order chi connectivity index (χ0) is 18.3. The highest BCUT2D eigenvalue weighted by Gasteiger charge is 2.55. The van der Waals surface area contributed by atoms with Gasteiger partial charge in [0.05, 0.1) is 0 Å². The number of nitrogens with zero attached hydrogens (tertiary/aromatic N) is 2. The Bertz CT molecular complexity index is 655. The van der Waals surface area contributed by atoms with Crippen LogP contribution in [0.15, 0.2) is 11.8 Å². The first kappa shape index (κ1) is 17.6. The van der Waals surface area contributed by atoms with E-state index in [4.69, 9.17) is 0 Å². The predicted octanol–water partition coefficient (Wildman–Crippen LogP) is 2.94. The number of amides is 4. The summed E-state index contributed by atoms with van der Waals surface area (Å²) in [5, 5.41) is 2.94. The first-order valence-electron chi connectivity index (χ1n) is 10.2. The van der Waals surface area contributed by atoms with E-state index < -0.39 is 11.6 Å². The number of urea groups is 1. The average molecular weight is 359 g/mol. The summed E-state index contributed by atoms with van der Waals surface area (Å²) >= 11 is 0. The standard InChI is InChI=1S/C20H29N3O3/c1-14-7-5-6-12-20(14)18(25)22(19(26)21-20)13-17(24)23(16-10-11-16)15-8-3-2-4-9-15/h8,14,16H,2-7,9-13H2,1H3,(H,21,26)/t14-,20-/m0/s1. The number of carbonyl (C=O) groups excluding carboxylic acids is 3. The fourth-order valence-electron chi connectivity index (χ4n) is 4.82. The van der Waals surface area contributed by atoms with E-state index in [9.17, 15) is 14.4 Å². The molecule has 3 fully saturated rings. The first-order chi connectivity index (χ1) is 12.5. The van der Waals surface area contributed by atoms with Gasteiger partial charge in [0.1, 0.15) is 12.1 Å². The summed E-state index contributed by atoms with van der Waals surface area (Å²) < 4.78 is 0. The topological polar surface area (TPSA) is 69.7 Å². The van der Waals surface area contributed by atoms with E-state index in [0.717, 1.165) is 57.1 Å². The van der Waals surface area contributed by atoms with Gasteiger partial charge in [-0.2, -0.15) is 0 Å². The quantitative estimate of drug-likeness (QED) is 0.785. The molecule has 0 unspecified atom stereocenters. The van der Waals surface area contributed by atoms with E-state index in [1.165, 1.54) is 11.3 Å². The lowest BCUT2D eigenvalue weighted by Gasteiger charge is -2.37. The Labute approximate surface area is 155 Å². The number of rotatable bonds is 4. The van der Waals surface area contributed by atoms with Crippen molar-refractivity contribution >= 4 is 17.8 Å². The Morgan fingerprint density at radius 3 is 2.69 bits per heavy atom. The summed E-state index contributed by atoms with van der Waals surface area (Å²) in [6.07, 6.45) is 12.1. The molecule has 2 saturated carbocycles.